The molecule has 0 unspecified atom stereocenters. The van der Waals surface area contributed by atoms with Gasteiger partial charge < -0.3 is 70.4 Å². The number of carbonyl (C=O) groups excluding carboxylic acids is 7. The molecule has 21 nitrogen and oxygen atoms in total. The summed E-state index contributed by atoms with van der Waals surface area (Å²) in [5.41, 5.74) is 22.9. The highest BCUT2D eigenvalue weighted by atomic mass is 32.2. The Bertz CT molecular complexity index is 1760. The monoisotopic (exact) mass is 1240 g/mol. The molecule has 0 aliphatic heterocycles. The molecule has 0 aliphatic carbocycles. The van der Waals surface area contributed by atoms with Crippen LogP contribution in [0.4, 0.5) is 0 Å². The Morgan fingerprint density at radius 1 is 0.349 bits per heavy atom. The minimum Gasteiger partial charge on any atom is -0.480 e. The second kappa shape index (κ2) is 58.6. The molecule has 0 aliphatic rings. The second-order valence-electron chi connectivity index (χ2n) is 23.5. The average Bonchev–Trinajstić information content (AvgIpc) is 3.65. The lowest BCUT2D eigenvalue weighted by Gasteiger charge is -2.27. The van der Waals surface area contributed by atoms with E-state index >= 15 is 0 Å². The van der Waals surface area contributed by atoms with Gasteiger partial charge in [0.15, 0.2) is 0 Å². The summed E-state index contributed by atoms with van der Waals surface area (Å²) in [6, 6.07) is -7.48. The summed E-state index contributed by atoms with van der Waals surface area (Å²) in [4.78, 5) is 108. The Hall–Kier alpha value is -4.09. The minimum absolute atomic E-state index is 0.0314. The molecule has 86 heavy (non-hydrogen) atoms. The van der Waals surface area contributed by atoms with Gasteiger partial charge in [0.2, 0.25) is 41.4 Å². The third-order valence-corrected chi connectivity index (χ3v) is 16.7. The average molecular weight is 1240 g/mol. The van der Waals surface area contributed by atoms with Gasteiger partial charge in [-0.05, 0) is 116 Å². The number of carbonyl (C=O) groups is 8. The fraction of sp³-hybridized carbons (Fsp3) is 0.875. The van der Waals surface area contributed by atoms with Crippen LogP contribution in [0.1, 0.15) is 271 Å². The van der Waals surface area contributed by atoms with Gasteiger partial charge in [0, 0.05) is 30.9 Å². The van der Waals surface area contributed by atoms with Crippen LogP contribution in [0.25, 0.3) is 0 Å². The lowest BCUT2D eigenvalue weighted by atomic mass is 10.0. The largest absolute Gasteiger partial charge is 0.480 e. The van der Waals surface area contributed by atoms with Crippen molar-refractivity contribution < 1.29 is 48.6 Å². The molecule has 0 spiro atoms. The number of carboxylic acids is 1. The first-order valence-corrected chi connectivity index (χ1v) is 35.2. The second-order valence-corrected chi connectivity index (χ2v) is 24.6. The van der Waals surface area contributed by atoms with E-state index in [1.54, 1.807) is 0 Å². The number of aliphatic carboxylic acids is 1. The summed E-state index contributed by atoms with van der Waals surface area (Å²) >= 11 is 1.36. The Kier molecular flexibility index (Phi) is 55.8. The quantitative estimate of drug-likeness (QED) is 0.0266. The van der Waals surface area contributed by atoms with Crippen molar-refractivity contribution in [1.82, 2.24) is 37.2 Å². The number of nitrogens with one attached hydrogen (secondary N) is 7. The van der Waals surface area contributed by atoms with Crippen LogP contribution in [-0.4, -0.2) is 145 Å². The maximum absolute atomic E-state index is 14.2. The molecule has 0 aromatic heterocycles. The van der Waals surface area contributed by atoms with Gasteiger partial charge >= 0.3 is 5.97 Å². The predicted octanol–water partition coefficient (Wildman–Crippen LogP) is 7.30. The summed E-state index contributed by atoms with van der Waals surface area (Å²) in [6.45, 7) is 5.27. The Labute approximate surface area is 523 Å². The van der Waals surface area contributed by atoms with Crippen LogP contribution in [0, 0.1) is 0 Å². The zero-order valence-electron chi connectivity index (χ0n) is 53.8. The van der Waals surface area contributed by atoms with Crippen molar-refractivity contribution in [1.29, 1.82) is 0 Å². The third kappa shape index (κ3) is 46.1. The topological polar surface area (TPSA) is 365 Å². The molecule has 0 fully saturated rings. The number of hydrogen-bond donors (Lipinski definition) is 13. The lowest BCUT2D eigenvalue weighted by molar-refractivity contribution is -0.142. The third-order valence-electron chi connectivity index (χ3n) is 15.6. The smallest absolute Gasteiger partial charge is 0.326 e. The SMILES string of the molecule is CCCCCCCCCCCCCCCC(=O)NCCSC[C@H](NC(=O)CCCCCCCCCCCCCCC)C(=O)N[C@H](CO)C(=O)N[C@@H](CCCCN)C(=O)N[C@@H](CCCCN)C(=O)N[C@@H](CCCCN)C(=O)N[C@@H](CCCCN)C(=O)O. The molecule has 0 saturated carbocycles. The van der Waals surface area contributed by atoms with Crippen LogP contribution in [0.5, 0.6) is 0 Å². The Balaban J connectivity index is 5.97. The molecule has 0 radical (unpaired) electrons. The van der Waals surface area contributed by atoms with Crippen LogP contribution < -0.4 is 60.2 Å². The van der Waals surface area contributed by atoms with Crippen molar-refractivity contribution in [3.63, 3.8) is 0 Å². The van der Waals surface area contributed by atoms with Crippen molar-refractivity contribution in [3.05, 3.63) is 0 Å². The van der Waals surface area contributed by atoms with E-state index in [0.717, 1.165) is 38.5 Å². The summed E-state index contributed by atoms with van der Waals surface area (Å²) < 4.78 is 0. The molecule has 17 N–H and O–H groups in total. The highest BCUT2D eigenvalue weighted by Crippen LogP contribution is 2.16. The first-order valence-electron chi connectivity index (χ1n) is 34.0. The van der Waals surface area contributed by atoms with E-state index in [1.807, 2.05) is 0 Å². The zero-order valence-corrected chi connectivity index (χ0v) is 54.6. The zero-order chi connectivity index (χ0) is 63.7. The van der Waals surface area contributed by atoms with Gasteiger partial charge in [-0.1, -0.05) is 168 Å². The lowest BCUT2D eigenvalue weighted by Crippen LogP contribution is -2.60. The van der Waals surface area contributed by atoms with Crippen LogP contribution in [0.15, 0.2) is 0 Å². The summed E-state index contributed by atoms with van der Waals surface area (Å²) in [5, 5.41) is 39.5. The van der Waals surface area contributed by atoms with E-state index in [4.69, 9.17) is 22.9 Å². The molecular weight excluding hydrogens is 1110 g/mol. The molecule has 502 valence electrons. The van der Waals surface area contributed by atoms with Crippen LogP contribution in [0.2, 0.25) is 0 Å². The number of thioether (sulfide) groups is 1. The molecule has 0 saturated heterocycles. The first kappa shape index (κ1) is 81.9. The van der Waals surface area contributed by atoms with E-state index in [2.05, 4.69) is 51.1 Å². The van der Waals surface area contributed by atoms with Crippen molar-refractivity contribution >= 4 is 59.1 Å². The summed E-state index contributed by atoms with van der Waals surface area (Å²) in [5.74, 6) is -4.77. The van der Waals surface area contributed by atoms with E-state index in [0.29, 0.717) is 103 Å². The van der Waals surface area contributed by atoms with Gasteiger partial charge in [0.1, 0.15) is 36.3 Å². The molecule has 6 atom stereocenters. The van der Waals surface area contributed by atoms with Gasteiger partial charge in [-0.25, -0.2) is 4.79 Å². The van der Waals surface area contributed by atoms with Crippen LogP contribution in [-0.2, 0) is 38.4 Å². The van der Waals surface area contributed by atoms with E-state index < -0.39 is 78.4 Å². The summed E-state index contributed by atoms with van der Waals surface area (Å²) in [7, 11) is 0. The molecule has 0 heterocycles. The normalized spacial score (nSPS) is 13.4. The van der Waals surface area contributed by atoms with E-state index in [9.17, 15) is 48.6 Å². The molecule has 0 aromatic carbocycles. The standard InChI is InChI=1S/C64H125N11O10S/c1-3-5-7-9-11-13-15-17-19-21-23-25-27-41-57(77)69-47-48-86-50-56(70-58(78)42-28-26-24-22-20-18-16-14-12-10-8-6-4-2)63(83)75-55(49-76)62(82)73-52(38-30-34-44-66)60(80)71-51(37-29-33-43-65)59(79)72-53(39-31-35-45-67)61(81)74-54(64(84)85)40-32-36-46-68/h51-56,76H,3-50,65-68H2,1-2H3,(H,69,77)(H,70,78)(H,71,80)(H,72,79)(H,73,82)(H,74,81)(H,75,83)(H,84,85)/t51-,52-,53-,54-,55+,56-/m0/s1. The van der Waals surface area contributed by atoms with Crippen molar-refractivity contribution in [2.24, 2.45) is 22.9 Å². The fourth-order valence-electron chi connectivity index (χ4n) is 10.2. The van der Waals surface area contributed by atoms with Crippen LogP contribution >= 0.6 is 11.8 Å². The molecule has 0 bridgehead atoms. The number of aliphatic hydroxyl groups is 1. The maximum atomic E-state index is 14.2. The van der Waals surface area contributed by atoms with Gasteiger partial charge in [0.25, 0.3) is 0 Å². The number of rotatable bonds is 62. The summed E-state index contributed by atoms with van der Waals surface area (Å²) in [6.07, 6.45) is 35.8. The van der Waals surface area contributed by atoms with Crippen molar-refractivity contribution in [2.45, 2.75) is 307 Å². The number of unbranched alkanes of at least 4 members (excludes halogenated alkanes) is 28. The number of hydrogen-bond acceptors (Lipinski definition) is 14. The number of amides is 7. The van der Waals surface area contributed by atoms with Gasteiger partial charge in [0.05, 0.1) is 6.61 Å². The predicted molar refractivity (Wildman–Crippen MR) is 349 cm³/mol. The number of nitrogens with two attached hydrogens (primary N) is 4. The van der Waals surface area contributed by atoms with Gasteiger partial charge in [-0.15, -0.1) is 0 Å². The van der Waals surface area contributed by atoms with E-state index in [1.165, 1.54) is 134 Å². The van der Waals surface area contributed by atoms with Crippen molar-refractivity contribution in [3.8, 4) is 0 Å². The molecule has 22 heteroatoms. The fourth-order valence-corrected chi connectivity index (χ4v) is 11.1. The maximum Gasteiger partial charge on any atom is 0.326 e. The Morgan fingerprint density at radius 2 is 0.640 bits per heavy atom. The molecule has 0 rings (SSSR count). The molecule has 7 amide bonds. The number of aliphatic hydroxyl groups excluding tert-OH is 1. The molecular formula is C64H125N11O10S. The van der Waals surface area contributed by atoms with Gasteiger partial charge in [-0.2, -0.15) is 11.8 Å². The number of carboxylic acid groups (broad SMARTS) is 1. The highest BCUT2D eigenvalue weighted by molar-refractivity contribution is 7.99. The van der Waals surface area contributed by atoms with E-state index in [-0.39, 0.29) is 49.7 Å². The first-order chi connectivity index (χ1) is 41.7. The highest BCUT2D eigenvalue weighted by Gasteiger charge is 2.33. The Morgan fingerprint density at radius 3 is 0.977 bits per heavy atom. The van der Waals surface area contributed by atoms with Crippen molar-refractivity contribution in [2.75, 3.05) is 50.8 Å². The molecule has 0 aromatic rings. The minimum atomic E-state index is -1.54. The van der Waals surface area contributed by atoms with Gasteiger partial charge in [-0.3, -0.25) is 33.6 Å². The van der Waals surface area contributed by atoms with Crippen LogP contribution in [0.3, 0.4) is 0 Å².